The third-order valence-electron chi connectivity index (χ3n) is 6.53. The van der Waals surface area contributed by atoms with Gasteiger partial charge in [0.15, 0.2) is 0 Å². The van der Waals surface area contributed by atoms with Gasteiger partial charge in [0.2, 0.25) is 5.91 Å². The van der Waals surface area contributed by atoms with E-state index in [2.05, 4.69) is 20.1 Å². The number of anilines is 1. The van der Waals surface area contributed by atoms with E-state index in [9.17, 15) is 9.59 Å². The van der Waals surface area contributed by atoms with E-state index >= 15 is 0 Å². The summed E-state index contributed by atoms with van der Waals surface area (Å²) < 4.78 is 0. The molecule has 2 fully saturated rings. The van der Waals surface area contributed by atoms with E-state index in [1.165, 1.54) is 32.1 Å². The Morgan fingerprint density at radius 1 is 1.10 bits per heavy atom. The number of carbonyl (C=O) groups is 2. The van der Waals surface area contributed by atoms with Crippen LogP contribution in [0.5, 0.6) is 0 Å². The average Bonchev–Trinajstić information content (AvgIpc) is 2.81. The van der Waals surface area contributed by atoms with Crippen molar-refractivity contribution in [3.63, 3.8) is 0 Å². The van der Waals surface area contributed by atoms with Crippen LogP contribution in [-0.4, -0.2) is 80.0 Å². The van der Waals surface area contributed by atoms with Crippen LogP contribution in [0, 0.1) is 5.92 Å². The molecule has 0 atom stereocenters. The molecule has 7 nitrogen and oxygen atoms in total. The van der Waals surface area contributed by atoms with E-state index < -0.39 is 0 Å². The maximum absolute atomic E-state index is 12.6. The number of hydrogen-bond acceptors (Lipinski definition) is 5. The van der Waals surface area contributed by atoms with Crippen LogP contribution in [0.25, 0.3) is 0 Å². The molecule has 1 saturated carbocycles. The van der Waals surface area contributed by atoms with Crippen molar-refractivity contribution in [3.8, 4) is 0 Å². The van der Waals surface area contributed by atoms with Gasteiger partial charge in [-0.05, 0) is 51.5 Å². The first-order valence-electron chi connectivity index (χ1n) is 11.9. The Morgan fingerprint density at radius 3 is 2.48 bits per heavy atom. The number of piperazine rings is 1. The minimum atomic E-state index is -0.0776. The van der Waals surface area contributed by atoms with Crippen molar-refractivity contribution < 1.29 is 9.59 Å². The SMILES string of the molecule is CN(C)CCCNC(=O)c1ccc(N2CCN(C(=O)CCC3CCCCC3)CC2)nc1. The fraction of sp³-hybridized carbons (Fsp3) is 0.708. The Labute approximate surface area is 187 Å². The number of rotatable bonds is 9. The van der Waals surface area contributed by atoms with Gasteiger partial charge in [-0.2, -0.15) is 0 Å². The van der Waals surface area contributed by atoms with E-state index in [1.807, 2.05) is 31.1 Å². The number of pyridine rings is 1. The first-order valence-corrected chi connectivity index (χ1v) is 11.9. The van der Waals surface area contributed by atoms with E-state index in [1.54, 1.807) is 6.20 Å². The van der Waals surface area contributed by atoms with E-state index in [-0.39, 0.29) is 5.91 Å². The largest absolute Gasteiger partial charge is 0.353 e. The Hall–Kier alpha value is -2.15. The molecule has 2 heterocycles. The second-order valence-corrected chi connectivity index (χ2v) is 9.23. The minimum Gasteiger partial charge on any atom is -0.353 e. The molecule has 1 N–H and O–H groups in total. The van der Waals surface area contributed by atoms with Gasteiger partial charge in [-0.3, -0.25) is 9.59 Å². The van der Waals surface area contributed by atoms with Gasteiger partial charge in [-0.15, -0.1) is 0 Å². The summed E-state index contributed by atoms with van der Waals surface area (Å²) in [5.41, 5.74) is 0.588. The Balaban J connectivity index is 1.39. The zero-order valence-corrected chi connectivity index (χ0v) is 19.3. The number of nitrogens with one attached hydrogen (secondary N) is 1. The summed E-state index contributed by atoms with van der Waals surface area (Å²) in [7, 11) is 4.05. The zero-order valence-electron chi connectivity index (χ0n) is 19.3. The molecule has 1 aliphatic carbocycles. The predicted octanol–water partition coefficient (Wildman–Crippen LogP) is 2.77. The fourth-order valence-corrected chi connectivity index (χ4v) is 4.55. The molecule has 172 valence electrons. The van der Waals surface area contributed by atoms with Crippen LogP contribution in [0.4, 0.5) is 5.82 Å². The van der Waals surface area contributed by atoms with Crippen LogP contribution >= 0.6 is 0 Å². The summed E-state index contributed by atoms with van der Waals surface area (Å²) in [6.45, 7) is 4.69. The quantitative estimate of drug-likeness (QED) is 0.612. The highest BCUT2D eigenvalue weighted by Crippen LogP contribution is 2.27. The van der Waals surface area contributed by atoms with Gasteiger partial charge in [0, 0.05) is 45.3 Å². The molecule has 31 heavy (non-hydrogen) atoms. The zero-order chi connectivity index (χ0) is 22.1. The second kappa shape index (κ2) is 12.0. The molecular formula is C24H39N5O2. The molecule has 0 unspecified atom stereocenters. The summed E-state index contributed by atoms with van der Waals surface area (Å²) in [6.07, 6.45) is 11.0. The molecule has 7 heteroatoms. The average molecular weight is 430 g/mol. The summed E-state index contributed by atoms with van der Waals surface area (Å²) >= 11 is 0. The monoisotopic (exact) mass is 429 g/mol. The molecule has 0 spiro atoms. The van der Waals surface area contributed by atoms with Gasteiger partial charge in [-0.25, -0.2) is 4.98 Å². The summed E-state index contributed by atoms with van der Waals surface area (Å²) in [5.74, 6) is 1.86. The summed E-state index contributed by atoms with van der Waals surface area (Å²) in [6, 6.07) is 3.75. The Morgan fingerprint density at radius 2 is 1.84 bits per heavy atom. The molecule has 1 saturated heterocycles. The van der Waals surface area contributed by atoms with Crippen LogP contribution in [0.1, 0.15) is 61.7 Å². The minimum absolute atomic E-state index is 0.0776. The maximum atomic E-state index is 12.6. The van der Waals surface area contributed by atoms with Crippen molar-refractivity contribution in [2.24, 2.45) is 5.92 Å². The highest BCUT2D eigenvalue weighted by atomic mass is 16.2. The number of aromatic nitrogens is 1. The number of nitrogens with zero attached hydrogens (tertiary/aromatic N) is 4. The van der Waals surface area contributed by atoms with Crippen molar-refractivity contribution in [3.05, 3.63) is 23.9 Å². The number of amides is 2. The van der Waals surface area contributed by atoms with Crippen molar-refractivity contribution >= 4 is 17.6 Å². The molecule has 1 aromatic heterocycles. The standard InChI is InChI=1S/C24H39N5O2/c1-27(2)14-6-13-25-24(31)21-10-11-22(26-19-21)28-15-17-29(18-16-28)23(30)12-9-20-7-4-3-5-8-20/h10-11,19-20H,3-9,12-18H2,1-2H3,(H,25,31). The van der Waals surface area contributed by atoms with Gasteiger partial charge < -0.3 is 20.0 Å². The van der Waals surface area contributed by atoms with Crippen molar-refractivity contribution in [2.45, 2.75) is 51.4 Å². The molecule has 2 aliphatic rings. The predicted molar refractivity (Wildman–Crippen MR) is 124 cm³/mol. The number of carbonyl (C=O) groups excluding carboxylic acids is 2. The lowest BCUT2D eigenvalue weighted by Crippen LogP contribution is -2.49. The number of hydrogen-bond donors (Lipinski definition) is 1. The van der Waals surface area contributed by atoms with Gasteiger partial charge in [0.05, 0.1) is 5.56 Å². The molecule has 1 aliphatic heterocycles. The van der Waals surface area contributed by atoms with E-state index in [0.717, 1.165) is 57.3 Å². The summed E-state index contributed by atoms with van der Waals surface area (Å²) in [4.78, 5) is 35.7. The van der Waals surface area contributed by atoms with Crippen molar-refractivity contribution in [2.75, 3.05) is 58.3 Å². The van der Waals surface area contributed by atoms with Gasteiger partial charge >= 0.3 is 0 Å². The lowest BCUT2D eigenvalue weighted by atomic mass is 9.86. The van der Waals surface area contributed by atoms with Crippen LogP contribution in [0.3, 0.4) is 0 Å². The molecule has 2 amide bonds. The summed E-state index contributed by atoms with van der Waals surface area (Å²) in [5, 5.41) is 2.94. The van der Waals surface area contributed by atoms with Crippen LogP contribution in [-0.2, 0) is 4.79 Å². The van der Waals surface area contributed by atoms with Crippen LogP contribution in [0.2, 0.25) is 0 Å². The van der Waals surface area contributed by atoms with Gasteiger partial charge in [-0.1, -0.05) is 32.1 Å². The van der Waals surface area contributed by atoms with Gasteiger partial charge in [0.1, 0.15) is 5.82 Å². The smallest absolute Gasteiger partial charge is 0.252 e. The molecule has 0 bridgehead atoms. The topological polar surface area (TPSA) is 68.8 Å². The van der Waals surface area contributed by atoms with Crippen LogP contribution < -0.4 is 10.2 Å². The molecule has 0 aromatic carbocycles. The second-order valence-electron chi connectivity index (χ2n) is 9.23. The Bertz CT molecular complexity index is 692. The third-order valence-corrected chi connectivity index (χ3v) is 6.53. The lowest BCUT2D eigenvalue weighted by Gasteiger charge is -2.35. The first-order chi connectivity index (χ1) is 15.0. The van der Waals surface area contributed by atoms with Crippen molar-refractivity contribution in [1.29, 1.82) is 0 Å². The normalized spacial score (nSPS) is 17.8. The van der Waals surface area contributed by atoms with E-state index in [4.69, 9.17) is 0 Å². The highest BCUT2D eigenvalue weighted by molar-refractivity contribution is 5.94. The lowest BCUT2D eigenvalue weighted by molar-refractivity contribution is -0.131. The maximum Gasteiger partial charge on any atom is 0.252 e. The van der Waals surface area contributed by atoms with Crippen LogP contribution in [0.15, 0.2) is 18.3 Å². The van der Waals surface area contributed by atoms with Crippen molar-refractivity contribution in [1.82, 2.24) is 20.1 Å². The Kier molecular flexibility index (Phi) is 9.13. The molecule has 0 radical (unpaired) electrons. The molecular weight excluding hydrogens is 390 g/mol. The third kappa shape index (κ3) is 7.49. The molecule has 3 rings (SSSR count). The highest BCUT2D eigenvalue weighted by Gasteiger charge is 2.23. The first kappa shape index (κ1) is 23.5. The van der Waals surface area contributed by atoms with Gasteiger partial charge in [0.25, 0.3) is 5.91 Å². The van der Waals surface area contributed by atoms with E-state index in [0.29, 0.717) is 24.4 Å². The fourth-order valence-electron chi connectivity index (χ4n) is 4.55. The molecule has 1 aromatic rings.